The molecule has 7 heteroatoms. The van der Waals surface area contributed by atoms with Crippen molar-refractivity contribution in [2.75, 3.05) is 19.7 Å². The SMILES string of the molecule is O=C(N[C@@H](CO)C(=O)O)C1CCCN(C(=O)C2CC2)C1. The molecule has 1 heterocycles. The van der Waals surface area contributed by atoms with Gasteiger partial charge in [0, 0.05) is 19.0 Å². The number of likely N-dealkylation sites (tertiary alicyclic amines) is 1. The molecule has 2 fully saturated rings. The topological polar surface area (TPSA) is 107 Å². The fraction of sp³-hybridized carbons (Fsp3) is 0.769. The molecule has 1 aliphatic heterocycles. The summed E-state index contributed by atoms with van der Waals surface area (Å²) in [6, 6.07) is -1.28. The molecule has 0 aromatic carbocycles. The maximum atomic E-state index is 12.0. The van der Waals surface area contributed by atoms with Crippen LogP contribution in [0.5, 0.6) is 0 Å². The van der Waals surface area contributed by atoms with Gasteiger partial charge in [0.1, 0.15) is 6.04 Å². The number of nitrogens with zero attached hydrogens (tertiary/aromatic N) is 1. The predicted octanol–water partition coefficient (Wildman–Crippen LogP) is -0.803. The van der Waals surface area contributed by atoms with Crippen LogP contribution in [0.25, 0.3) is 0 Å². The largest absolute Gasteiger partial charge is 0.480 e. The quantitative estimate of drug-likeness (QED) is 0.612. The average Bonchev–Trinajstić information content (AvgIpc) is 3.28. The first-order valence-electron chi connectivity index (χ1n) is 6.95. The molecule has 2 aliphatic rings. The minimum absolute atomic E-state index is 0.111. The van der Waals surface area contributed by atoms with E-state index in [4.69, 9.17) is 10.2 Å². The number of carbonyl (C=O) groups is 3. The van der Waals surface area contributed by atoms with E-state index in [0.29, 0.717) is 19.5 Å². The van der Waals surface area contributed by atoms with Gasteiger partial charge < -0.3 is 20.4 Å². The van der Waals surface area contributed by atoms with Gasteiger partial charge in [0.15, 0.2) is 0 Å². The van der Waals surface area contributed by atoms with Crippen molar-refractivity contribution in [1.29, 1.82) is 0 Å². The maximum absolute atomic E-state index is 12.0. The van der Waals surface area contributed by atoms with Crippen LogP contribution in [0.4, 0.5) is 0 Å². The molecule has 7 nitrogen and oxygen atoms in total. The van der Waals surface area contributed by atoms with Gasteiger partial charge in [-0.25, -0.2) is 4.79 Å². The second kappa shape index (κ2) is 6.21. The zero-order chi connectivity index (χ0) is 14.7. The first-order valence-corrected chi connectivity index (χ1v) is 6.95. The second-order valence-electron chi connectivity index (χ2n) is 5.48. The summed E-state index contributed by atoms with van der Waals surface area (Å²) in [6.45, 7) is 0.374. The van der Waals surface area contributed by atoms with Crippen LogP contribution in [0.1, 0.15) is 25.7 Å². The number of nitrogens with one attached hydrogen (secondary N) is 1. The summed E-state index contributed by atoms with van der Waals surface area (Å²) in [5, 5.41) is 20.0. The number of aliphatic hydroxyl groups is 1. The number of hydrogen-bond donors (Lipinski definition) is 3. The number of carboxylic acids is 1. The van der Waals surface area contributed by atoms with Crippen LogP contribution >= 0.6 is 0 Å². The van der Waals surface area contributed by atoms with Crippen molar-refractivity contribution in [2.45, 2.75) is 31.7 Å². The summed E-state index contributed by atoms with van der Waals surface area (Å²) in [6.07, 6.45) is 3.24. The fourth-order valence-corrected chi connectivity index (χ4v) is 2.45. The monoisotopic (exact) mass is 284 g/mol. The molecule has 1 unspecified atom stereocenters. The molecular weight excluding hydrogens is 264 g/mol. The molecule has 0 radical (unpaired) electrons. The van der Waals surface area contributed by atoms with Crippen LogP contribution in [0.15, 0.2) is 0 Å². The minimum atomic E-state index is -1.28. The number of aliphatic hydroxyl groups excluding tert-OH is 1. The lowest BCUT2D eigenvalue weighted by molar-refractivity contribution is -0.145. The van der Waals surface area contributed by atoms with Crippen LogP contribution in [0, 0.1) is 11.8 Å². The highest BCUT2D eigenvalue weighted by Gasteiger charge is 2.37. The molecule has 0 aromatic heterocycles. The molecule has 0 aromatic rings. The molecule has 112 valence electrons. The third-order valence-electron chi connectivity index (χ3n) is 3.83. The molecule has 1 aliphatic carbocycles. The lowest BCUT2D eigenvalue weighted by Gasteiger charge is -2.32. The molecule has 0 spiro atoms. The summed E-state index contributed by atoms with van der Waals surface area (Å²) in [7, 11) is 0. The lowest BCUT2D eigenvalue weighted by atomic mass is 9.96. The molecule has 2 amide bonds. The van der Waals surface area contributed by atoms with Gasteiger partial charge >= 0.3 is 5.97 Å². The van der Waals surface area contributed by atoms with E-state index in [1.807, 2.05) is 0 Å². The van der Waals surface area contributed by atoms with E-state index in [1.165, 1.54) is 0 Å². The summed E-state index contributed by atoms with van der Waals surface area (Å²) >= 11 is 0. The highest BCUT2D eigenvalue weighted by Crippen LogP contribution is 2.32. The van der Waals surface area contributed by atoms with Gasteiger partial charge in [0.05, 0.1) is 12.5 Å². The Morgan fingerprint density at radius 3 is 2.45 bits per heavy atom. The van der Waals surface area contributed by atoms with Gasteiger partial charge in [0.2, 0.25) is 11.8 Å². The number of aliphatic carboxylic acids is 1. The zero-order valence-corrected chi connectivity index (χ0v) is 11.2. The normalized spacial score (nSPS) is 24.1. The Bertz CT molecular complexity index is 408. The minimum Gasteiger partial charge on any atom is -0.480 e. The highest BCUT2D eigenvalue weighted by molar-refractivity contribution is 5.86. The third-order valence-corrected chi connectivity index (χ3v) is 3.83. The van der Waals surface area contributed by atoms with E-state index < -0.39 is 24.5 Å². The predicted molar refractivity (Wildman–Crippen MR) is 68.7 cm³/mol. The van der Waals surface area contributed by atoms with Crippen LogP contribution < -0.4 is 5.32 Å². The molecule has 0 bridgehead atoms. The first-order chi connectivity index (χ1) is 9.52. The number of hydrogen-bond acceptors (Lipinski definition) is 4. The van der Waals surface area contributed by atoms with Crippen LogP contribution in [0.3, 0.4) is 0 Å². The molecule has 1 saturated heterocycles. The van der Waals surface area contributed by atoms with E-state index in [-0.39, 0.29) is 17.7 Å². The first kappa shape index (κ1) is 14.8. The number of piperidine rings is 1. The molecular formula is C13H20N2O5. The van der Waals surface area contributed by atoms with Gasteiger partial charge in [-0.3, -0.25) is 9.59 Å². The second-order valence-corrected chi connectivity index (χ2v) is 5.48. The third kappa shape index (κ3) is 3.47. The van der Waals surface area contributed by atoms with Gasteiger partial charge in [-0.2, -0.15) is 0 Å². The molecule has 2 rings (SSSR count). The summed E-state index contributed by atoms with van der Waals surface area (Å²) < 4.78 is 0. The molecule has 1 saturated carbocycles. The standard InChI is InChI=1S/C13H20N2O5/c16-7-10(13(19)20)14-11(17)9-2-1-5-15(6-9)12(18)8-3-4-8/h8-10,16H,1-7H2,(H,14,17)(H,19,20)/t9?,10-/m0/s1. The Morgan fingerprint density at radius 2 is 1.90 bits per heavy atom. The zero-order valence-electron chi connectivity index (χ0n) is 11.2. The van der Waals surface area contributed by atoms with Gasteiger partial charge in [-0.15, -0.1) is 0 Å². The summed E-state index contributed by atoms with van der Waals surface area (Å²) in [5.41, 5.74) is 0. The lowest BCUT2D eigenvalue weighted by Crippen LogP contribution is -2.50. The Morgan fingerprint density at radius 1 is 1.20 bits per heavy atom. The van der Waals surface area contributed by atoms with Crippen molar-refractivity contribution < 1.29 is 24.6 Å². The number of amides is 2. The van der Waals surface area contributed by atoms with E-state index >= 15 is 0 Å². The van der Waals surface area contributed by atoms with E-state index in [1.54, 1.807) is 4.90 Å². The van der Waals surface area contributed by atoms with Crippen molar-refractivity contribution in [1.82, 2.24) is 10.2 Å². The number of carbonyl (C=O) groups excluding carboxylic acids is 2. The number of rotatable bonds is 5. The van der Waals surface area contributed by atoms with E-state index in [2.05, 4.69) is 5.32 Å². The van der Waals surface area contributed by atoms with Crippen LogP contribution in [-0.2, 0) is 14.4 Å². The maximum Gasteiger partial charge on any atom is 0.328 e. The molecule has 3 N–H and O–H groups in total. The van der Waals surface area contributed by atoms with Gasteiger partial charge in [0.25, 0.3) is 0 Å². The van der Waals surface area contributed by atoms with Gasteiger partial charge in [-0.05, 0) is 25.7 Å². The van der Waals surface area contributed by atoms with Gasteiger partial charge in [-0.1, -0.05) is 0 Å². The van der Waals surface area contributed by atoms with Crippen molar-refractivity contribution in [3.63, 3.8) is 0 Å². The van der Waals surface area contributed by atoms with Crippen LogP contribution in [-0.4, -0.2) is 58.6 Å². The average molecular weight is 284 g/mol. The Hall–Kier alpha value is -1.63. The Kier molecular flexibility index (Phi) is 4.59. The van der Waals surface area contributed by atoms with E-state index in [9.17, 15) is 14.4 Å². The Labute approximate surface area is 116 Å². The van der Waals surface area contributed by atoms with Crippen LogP contribution in [0.2, 0.25) is 0 Å². The van der Waals surface area contributed by atoms with E-state index in [0.717, 1.165) is 19.3 Å². The summed E-state index contributed by atoms with van der Waals surface area (Å²) in [4.78, 5) is 36.5. The molecule has 2 atom stereocenters. The number of carboxylic acid groups (broad SMARTS) is 1. The van der Waals surface area contributed by atoms with Crippen molar-refractivity contribution in [3.05, 3.63) is 0 Å². The summed E-state index contributed by atoms with van der Waals surface area (Å²) in [5.74, 6) is -1.82. The van der Waals surface area contributed by atoms with Crippen molar-refractivity contribution in [2.24, 2.45) is 11.8 Å². The highest BCUT2D eigenvalue weighted by atomic mass is 16.4. The van der Waals surface area contributed by atoms with Crippen molar-refractivity contribution >= 4 is 17.8 Å². The smallest absolute Gasteiger partial charge is 0.328 e. The van der Waals surface area contributed by atoms with Crippen molar-refractivity contribution in [3.8, 4) is 0 Å². The fourth-order valence-electron chi connectivity index (χ4n) is 2.45. The molecule has 20 heavy (non-hydrogen) atoms. The Balaban J connectivity index is 1.89.